The summed E-state index contributed by atoms with van der Waals surface area (Å²) >= 11 is 3.77. The number of benzene rings is 1. The van der Waals surface area contributed by atoms with Crippen LogP contribution in [0.2, 0.25) is 13.3 Å². The third-order valence-electron chi connectivity index (χ3n) is 7.61. The molecule has 2 rings (SSSR count). The van der Waals surface area contributed by atoms with Gasteiger partial charge in [-0.1, -0.05) is 0 Å². The number of amides is 1. The topological polar surface area (TPSA) is 60.4 Å². The fraction of sp³-hybridized carbons (Fsp3) is 0.667. The fourth-order valence-electron chi connectivity index (χ4n) is 5.61. The molecule has 0 aliphatic carbocycles. The second-order valence-electron chi connectivity index (χ2n) is 10.4. The van der Waals surface area contributed by atoms with Gasteiger partial charge in [0.05, 0.1) is 0 Å². The van der Waals surface area contributed by atoms with Crippen LogP contribution < -0.4 is 4.74 Å². The summed E-state index contributed by atoms with van der Waals surface area (Å²) in [5.41, 5.74) is 3.10. The summed E-state index contributed by atoms with van der Waals surface area (Å²) in [6.45, 7) is 11.0. The molecule has 0 spiro atoms. The second kappa shape index (κ2) is 17.3. The number of hydrogen-bond acceptors (Lipinski definition) is 5. The number of hydrogen-bond donors (Lipinski definition) is 0. The maximum absolute atomic E-state index is 11.9. The Morgan fingerprint density at radius 1 is 1.08 bits per heavy atom. The number of cyclic esters (lactones) is 1. The van der Waals surface area contributed by atoms with Crippen LogP contribution in [-0.2, 0) is 9.57 Å². The summed E-state index contributed by atoms with van der Waals surface area (Å²) in [4.78, 5) is 18.8. The molecule has 1 aromatic carbocycles. The van der Waals surface area contributed by atoms with Crippen LogP contribution in [0.15, 0.2) is 23.4 Å². The van der Waals surface area contributed by atoms with Gasteiger partial charge in [0.2, 0.25) is 0 Å². The number of nitrogens with zero attached hydrogens (tertiary/aromatic N) is 2. The van der Waals surface area contributed by atoms with Gasteiger partial charge in [0.15, 0.2) is 0 Å². The van der Waals surface area contributed by atoms with Gasteiger partial charge in [-0.3, -0.25) is 0 Å². The van der Waals surface area contributed by atoms with Crippen molar-refractivity contribution >= 4 is 44.8 Å². The van der Waals surface area contributed by atoms with Crippen molar-refractivity contribution in [2.75, 3.05) is 33.9 Å². The minimum atomic E-state index is -2.84. The van der Waals surface area contributed by atoms with E-state index in [4.69, 9.17) is 25.9 Å². The van der Waals surface area contributed by atoms with Crippen LogP contribution in [0.1, 0.15) is 88.8 Å². The molecule has 38 heavy (non-hydrogen) atoms. The van der Waals surface area contributed by atoms with E-state index < -0.39 is 18.4 Å². The van der Waals surface area contributed by atoms with Crippen LogP contribution in [0.5, 0.6) is 5.75 Å². The van der Waals surface area contributed by atoms with Crippen molar-refractivity contribution in [2.45, 2.75) is 92.4 Å². The first kappa shape index (κ1) is 32.8. The monoisotopic (exact) mass is 656 g/mol. The van der Waals surface area contributed by atoms with E-state index in [1.807, 2.05) is 4.90 Å². The number of halogens is 1. The molecule has 1 saturated heterocycles. The van der Waals surface area contributed by atoms with E-state index in [-0.39, 0.29) is 6.09 Å². The first-order chi connectivity index (χ1) is 18.4. The average molecular weight is 656 g/mol. The molecule has 1 aromatic rings. The van der Waals surface area contributed by atoms with Crippen LogP contribution in [0.4, 0.5) is 4.79 Å². The van der Waals surface area contributed by atoms with Crippen molar-refractivity contribution in [3.63, 3.8) is 0 Å². The van der Waals surface area contributed by atoms with Crippen LogP contribution in [0.25, 0.3) is 3.59 Å². The summed E-state index contributed by atoms with van der Waals surface area (Å²) in [5.74, 6) is 0.739. The molecule has 0 N–H and O–H groups in total. The van der Waals surface area contributed by atoms with Gasteiger partial charge in [-0.05, 0) is 0 Å². The van der Waals surface area contributed by atoms with Gasteiger partial charge in [0.1, 0.15) is 0 Å². The summed E-state index contributed by atoms with van der Waals surface area (Å²) in [6, 6.07) is 4.47. The Kier molecular flexibility index (Phi) is 14.9. The number of ether oxygens (including phenoxy) is 2. The van der Waals surface area contributed by atoms with Gasteiger partial charge in [-0.2, -0.15) is 0 Å². The number of rotatable bonds is 18. The predicted molar refractivity (Wildman–Crippen MR) is 162 cm³/mol. The molecule has 8 heteroatoms. The normalized spacial score (nSPS) is 14.7. The molecule has 1 aliphatic rings. The molecule has 6 nitrogen and oxygen atoms in total. The van der Waals surface area contributed by atoms with Crippen LogP contribution in [-0.4, -0.2) is 68.5 Å². The Balaban J connectivity index is 2.62. The van der Waals surface area contributed by atoms with E-state index in [0.29, 0.717) is 18.3 Å². The van der Waals surface area contributed by atoms with Crippen molar-refractivity contribution in [2.24, 2.45) is 5.16 Å². The van der Waals surface area contributed by atoms with E-state index in [9.17, 15) is 4.79 Å². The molecular formula is C30H49ClN2O4Sn. The predicted octanol–water partition coefficient (Wildman–Crippen LogP) is 8.55. The molecule has 214 valence electrons. The summed E-state index contributed by atoms with van der Waals surface area (Å²) in [6.07, 6.45) is 11.8. The van der Waals surface area contributed by atoms with Crippen LogP contribution in [0, 0.1) is 6.92 Å². The van der Waals surface area contributed by atoms with Crippen molar-refractivity contribution in [3.05, 3.63) is 34.9 Å². The number of carbonyl (C=O) groups is 1. The van der Waals surface area contributed by atoms with E-state index >= 15 is 0 Å². The number of aryl methyl sites for hydroxylation is 1. The first-order valence-corrected chi connectivity index (χ1v) is 22.3. The second-order valence-corrected chi connectivity index (χ2v) is 23.9. The SMILES string of the molecule is CCC[CH2][Sn]([CH2]CCC)([CH2]CCC)/[C](=C/CCCN1CCOC1=O)c1cc(C)c(OC)c(/C(Cl)=N/OC)c1. The number of oxime groups is 1. The molecule has 1 heterocycles. The molecule has 0 aromatic heterocycles. The number of allylic oxidation sites excluding steroid dienone is 1. The maximum atomic E-state index is 11.9. The van der Waals surface area contributed by atoms with Crippen molar-refractivity contribution in [3.8, 4) is 5.75 Å². The van der Waals surface area contributed by atoms with E-state index in [2.05, 4.69) is 51.1 Å². The van der Waals surface area contributed by atoms with Gasteiger partial charge in [-0.15, -0.1) is 0 Å². The third-order valence-corrected chi connectivity index (χ3v) is 23.8. The Bertz CT molecular complexity index is 929. The van der Waals surface area contributed by atoms with Crippen molar-refractivity contribution in [1.29, 1.82) is 0 Å². The molecule has 0 unspecified atom stereocenters. The molecule has 1 fully saturated rings. The Labute approximate surface area is 240 Å². The van der Waals surface area contributed by atoms with Gasteiger partial charge in [0, 0.05) is 0 Å². The summed E-state index contributed by atoms with van der Waals surface area (Å²) < 4.78 is 16.6. The Morgan fingerprint density at radius 2 is 1.71 bits per heavy atom. The van der Waals surface area contributed by atoms with E-state index in [1.54, 1.807) is 10.7 Å². The third kappa shape index (κ3) is 9.07. The zero-order valence-corrected chi connectivity index (χ0v) is 28.1. The minimum absolute atomic E-state index is 0.181. The van der Waals surface area contributed by atoms with Gasteiger partial charge < -0.3 is 0 Å². The molecule has 0 saturated carbocycles. The van der Waals surface area contributed by atoms with Gasteiger partial charge in [0.25, 0.3) is 0 Å². The van der Waals surface area contributed by atoms with Crippen LogP contribution >= 0.6 is 11.6 Å². The number of methoxy groups -OCH3 is 1. The van der Waals surface area contributed by atoms with E-state index in [1.165, 1.54) is 64.5 Å². The molecule has 1 amide bonds. The van der Waals surface area contributed by atoms with Crippen molar-refractivity contribution in [1.82, 2.24) is 4.90 Å². The zero-order valence-electron chi connectivity index (χ0n) is 24.5. The number of unbranched alkanes of at least 4 members (excludes halogenated alkanes) is 4. The molecule has 0 radical (unpaired) electrons. The van der Waals surface area contributed by atoms with Crippen molar-refractivity contribution < 1.29 is 19.1 Å². The standard InChI is InChI=1S/C18H22ClN2O4.3C4H9.Sn/c1-13-11-14(12-15(16(13)23-2)17(19)20-24-3)7-5-4-6-8-21-9-10-25-18(21)22;3*1-3-4-2;/h5,11-12H,4,6,8-10H2,1-3H3;3*1,3-4H2,2H3;/b7-5?,20-17-;;;;. The average Bonchev–Trinajstić information content (AvgIpc) is 3.32. The molecule has 0 atom stereocenters. The number of carbonyl (C=O) groups excluding carboxylic acids is 1. The molecule has 0 bridgehead atoms. The first-order valence-electron chi connectivity index (χ1n) is 14.5. The van der Waals surface area contributed by atoms with E-state index in [0.717, 1.165) is 36.3 Å². The van der Waals surface area contributed by atoms with Crippen LogP contribution in [0.3, 0.4) is 0 Å². The quantitative estimate of drug-likeness (QED) is 0.0688. The fourth-order valence-corrected chi connectivity index (χ4v) is 22.9. The zero-order chi connectivity index (χ0) is 28.0. The summed E-state index contributed by atoms with van der Waals surface area (Å²) in [7, 11) is 3.19. The summed E-state index contributed by atoms with van der Waals surface area (Å²) in [5, 5.41) is 4.34. The molecular weight excluding hydrogens is 607 g/mol. The Morgan fingerprint density at radius 3 is 2.21 bits per heavy atom. The van der Waals surface area contributed by atoms with Gasteiger partial charge in [-0.25, -0.2) is 0 Å². The Hall–Kier alpha value is -1.41. The molecule has 1 aliphatic heterocycles. The van der Waals surface area contributed by atoms with Gasteiger partial charge >= 0.3 is 241 Å².